The third-order valence-electron chi connectivity index (χ3n) is 2.38. The molecule has 2 rings (SSSR count). The fourth-order valence-electron chi connectivity index (χ4n) is 1.60. The number of aryl methyl sites for hydroxylation is 1. The minimum absolute atomic E-state index is 0.155. The van der Waals surface area contributed by atoms with Crippen molar-refractivity contribution in [3.05, 3.63) is 39.9 Å². The second-order valence-electron chi connectivity index (χ2n) is 3.91. The summed E-state index contributed by atoms with van der Waals surface area (Å²) in [5.41, 5.74) is 5.44. The zero-order chi connectivity index (χ0) is 13.4. The van der Waals surface area contributed by atoms with Gasteiger partial charge in [0.05, 0.1) is 10.5 Å². The Morgan fingerprint density at radius 2 is 2.06 bits per heavy atom. The van der Waals surface area contributed by atoms with Crippen molar-refractivity contribution in [2.45, 2.75) is 19.9 Å². The van der Waals surface area contributed by atoms with Gasteiger partial charge in [-0.2, -0.15) is 5.10 Å². The van der Waals surface area contributed by atoms with Crippen molar-refractivity contribution in [3.63, 3.8) is 0 Å². The Bertz CT molecular complexity index is 595. The number of benzene rings is 1. The van der Waals surface area contributed by atoms with Crippen LogP contribution in [0.1, 0.15) is 24.6 Å². The van der Waals surface area contributed by atoms with Gasteiger partial charge in [-0.1, -0.05) is 0 Å². The summed E-state index contributed by atoms with van der Waals surface area (Å²) in [6, 6.07) is 1.97. The maximum Gasteiger partial charge on any atom is 0.166 e. The molecule has 1 aromatic carbocycles. The van der Waals surface area contributed by atoms with Crippen molar-refractivity contribution in [3.8, 4) is 5.69 Å². The second-order valence-corrected chi connectivity index (χ2v) is 4.76. The quantitative estimate of drug-likeness (QED) is 0.866. The summed E-state index contributed by atoms with van der Waals surface area (Å²) in [7, 11) is 0. The van der Waals surface area contributed by atoms with Crippen LogP contribution in [0.4, 0.5) is 8.78 Å². The van der Waals surface area contributed by atoms with Gasteiger partial charge in [-0.15, -0.1) is 0 Å². The molecule has 0 aliphatic heterocycles. The summed E-state index contributed by atoms with van der Waals surface area (Å²) in [4.78, 5) is 4.08. The first kappa shape index (κ1) is 13.1. The lowest BCUT2D eigenvalue weighted by Gasteiger charge is -2.10. The first-order valence-electron chi connectivity index (χ1n) is 5.25. The van der Waals surface area contributed by atoms with Crippen LogP contribution in [0.15, 0.2) is 16.6 Å². The lowest BCUT2D eigenvalue weighted by Crippen LogP contribution is -2.15. The van der Waals surface area contributed by atoms with Crippen LogP contribution >= 0.6 is 15.9 Å². The van der Waals surface area contributed by atoms with Gasteiger partial charge >= 0.3 is 0 Å². The van der Waals surface area contributed by atoms with Crippen LogP contribution in [0, 0.1) is 18.6 Å². The monoisotopic (exact) mass is 316 g/mol. The molecule has 2 aromatic rings. The number of aromatic nitrogens is 3. The molecule has 2 N–H and O–H groups in total. The van der Waals surface area contributed by atoms with Crippen molar-refractivity contribution in [2.24, 2.45) is 5.73 Å². The molecule has 96 valence electrons. The van der Waals surface area contributed by atoms with E-state index in [0.717, 1.165) is 10.7 Å². The highest BCUT2D eigenvalue weighted by Crippen LogP contribution is 2.26. The zero-order valence-corrected chi connectivity index (χ0v) is 11.4. The fourth-order valence-corrected chi connectivity index (χ4v) is 1.92. The molecule has 0 bridgehead atoms. The summed E-state index contributed by atoms with van der Waals surface area (Å²) in [5, 5.41) is 3.99. The predicted octanol–water partition coefficient (Wildman–Crippen LogP) is 2.64. The van der Waals surface area contributed by atoms with Crippen LogP contribution in [0.25, 0.3) is 5.69 Å². The largest absolute Gasteiger partial charge is 0.322 e. The highest BCUT2D eigenvalue weighted by molar-refractivity contribution is 9.10. The number of halogens is 3. The maximum atomic E-state index is 14.0. The van der Waals surface area contributed by atoms with Crippen LogP contribution in [0.2, 0.25) is 0 Å². The van der Waals surface area contributed by atoms with Gasteiger partial charge in [-0.25, -0.2) is 18.4 Å². The third-order valence-corrected chi connectivity index (χ3v) is 2.99. The van der Waals surface area contributed by atoms with E-state index in [9.17, 15) is 8.78 Å². The maximum absolute atomic E-state index is 14.0. The van der Waals surface area contributed by atoms with Gasteiger partial charge in [-0.3, -0.25) is 0 Å². The van der Waals surface area contributed by atoms with Gasteiger partial charge < -0.3 is 5.73 Å². The molecule has 0 saturated carbocycles. The molecule has 1 aromatic heterocycles. The van der Waals surface area contributed by atoms with Gasteiger partial charge in [0, 0.05) is 0 Å². The molecule has 4 nitrogen and oxygen atoms in total. The second kappa shape index (κ2) is 4.74. The molecule has 0 saturated heterocycles. The summed E-state index contributed by atoms with van der Waals surface area (Å²) in [6.45, 7) is 3.31. The Hall–Kier alpha value is -1.34. The van der Waals surface area contributed by atoms with Crippen LogP contribution < -0.4 is 5.73 Å². The molecule has 0 aliphatic rings. The Balaban J connectivity index is 2.73. The molecular formula is C11H11BrF2N4. The third kappa shape index (κ3) is 2.15. The molecule has 1 heterocycles. The minimum Gasteiger partial charge on any atom is -0.322 e. The van der Waals surface area contributed by atoms with E-state index >= 15 is 0 Å². The predicted molar refractivity (Wildman–Crippen MR) is 66.3 cm³/mol. The van der Waals surface area contributed by atoms with E-state index < -0.39 is 17.7 Å². The average Bonchev–Trinajstić information content (AvgIpc) is 2.67. The first-order valence-corrected chi connectivity index (χ1v) is 6.04. The molecule has 1 atom stereocenters. The van der Waals surface area contributed by atoms with Crippen molar-refractivity contribution in [1.82, 2.24) is 14.8 Å². The van der Waals surface area contributed by atoms with Crippen molar-refractivity contribution in [2.75, 3.05) is 0 Å². The number of hydrogen-bond donors (Lipinski definition) is 1. The van der Waals surface area contributed by atoms with Gasteiger partial charge in [0.15, 0.2) is 11.6 Å². The van der Waals surface area contributed by atoms with Crippen molar-refractivity contribution < 1.29 is 8.78 Å². The zero-order valence-electron chi connectivity index (χ0n) is 9.78. The summed E-state index contributed by atoms with van der Waals surface area (Å²) in [6.07, 6.45) is 0. The Morgan fingerprint density at radius 1 is 1.39 bits per heavy atom. The Kier molecular flexibility index (Phi) is 3.45. The number of rotatable bonds is 2. The molecule has 0 radical (unpaired) electrons. The molecule has 7 heteroatoms. The standard InChI is InChI=1S/C11H11BrF2N4/c1-5(15)11-16-6(2)17-18(11)10-8(13)4-3-7(12)9(10)14/h3-5H,15H2,1-2H3. The highest BCUT2D eigenvalue weighted by Gasteiger charge is 2.21. The van der Waals surface area contributed by atoms with Gasteiger partial charge in [-0.05, 0) is 41.9 Å². The fraction of sp³-hybridized carbons (Fsp3) is 0.273. The van der Waals surface area contributed by atoms with E-state index in [1.165, 1.54) is 6.07 Å². The average molecular weight is 317 g/mol. The van der Waals surface area contributed by atoms with E-state index in [1.54, 1.807) is 13.8 Å². The normalized spacial score (nSPS) is 12.8. The lowest BCUT2D eigenvalue weighted by molar-refractivity contribution is 0.545. The van der Waals surface area contributed by atoms with Crippen LogP contribution in [-0.4, -0.2) is 14.8 Å². The SMILES string of the molecule is Cc1nc(C(C)N)n(-c2c(F)ccc(Br)c2F)n1. The number of nitrogens with zero attached hydrogens (tertiary/aromatic N) is 3. The van der Waals surface area contributed by atoms with Crippen LogP contribution in [0.3, 0.4) is 0 Å². The van der Waals surface area contributed by atoms with E-state index in [-0.39, 0.29) is 10.2 Å². The molecule has 0 fully saturated rings. The topological polar surface area (TPSA) is 56.7 Å². The number of nitrogens with two attached hydrogens (primary N) is 1. The van der Waals surface area contributed by atoms with Gasteiger partial charge in [0.25, 0.3) is 0 Å². The highest BCUT2D eigenvalue weighted by atomic mass is 79.9. The molecular weight excluding hydrogens is 306 g/mol. The van der Waals surface area contributed by atoms with E-state index in [2.05, 4.69) is 26.0 Å². The van der Waals surface area contributed by atoms with Crippen molar-refractivity contribution in [1.29, 1.82) is 0 Å². The summed E-state index contributed by atoms with van der Waals surface area (Å²) in [5.74, 6) is -0.742. The molecule has 0 spiro atoms. The van der Waals surface area contributed by atoms with Gasteiger partial charge in [0.2, 0.25) is 0 Å². The van der Waals surface area contributed by atoms with Crippen molar-refractivity contribution >= 4 is 15.9 Å². The smallest absolute Gasteiger partial charge is 0.166 e. The molecule has 18 heavy (non-hydrogen) atoms. The Morgan fingerprint density at radius 3 is 2.67 bits per heavy atom. The van der Waals surface area contributed by atoms with E-state index in [1.807, 2.05) is 0 Å². The number of hydrogen-bond acceptors (Lipinski definition) is 3. The minimum atomic E-state index is -0.734. The van der Waals surface area contributed by atoms with E-state index in [4.69, 9.17) is 5.73 Å². The molecule has 1 unspecified atom stereocenters. The first-order chi connectivity index (χ1) is 8.41. The lowest BCUT2D eigenvalue weighted by atomic mass is 10.2. The molecule has 0 aliphatic carbocycles. The van der Waals surface area contributed by atoms with Crippen LogP contribution in [0.5, 0.6) is 0 Å². The summed E-state index contributed by atoms with van der Waals surface area (Å²) >= 11 is 3.01. The van der Waals surface area contributed by atoms with E-state index in [0.29, 0.717) is 11.6 Å². The molecule has 0 amide bonds. The summed E-state index contributed by atoms with van der Waals surface area (Å²) < 4.78 is 29.0. The van der Waals surface area contributed by atoms with Crippen LogP contribution in [-0.2, 0) is 0 Å². The van der Waals surface area contributed by atoms with Gasteiger partial charge in [0.1, 0.15) is 17.3 Å². The Labute approximate surface area is 111 Å².